The lowest BCUT2D eigenvalue weighted by molar-refractivity contribution is -0.117. The second-order valence-electron chi connectivity index (χ2n) is 3.81. The van der Waals surface area contributed by atoms with Gasteiger partial charge in [-0.2, -0.15) is 0 Å². The Kier molecular flexibility index (Phi) is 3.51. The predicted molar refractivity (Wildman–Crippen MR) is 51.0 cm³/mol. The van der Waals surface area contributed by atoms with Gasteiger partial charge in [0.1, 0.15) is 6.29 Å². The molecule has 0 aliphatic heterocycles. The van der Waals surface area contributed by atoms with Crippen LogP contribution in [0.15, 0.2) is 12.2 Å². The molecule has 0 aromatic carbocycles. The molecule has 1 aliphatic carbocycles. The van der Waals surface area contributed by atoms with Gasteiger partial charge in [-0.15, -0.1) is 0 Å². The Bertz CT molecular complexity index is 164. The normalized spacial score (nSPS) is 22.8. The molecule has 0 unspecified atom stereocenters. The molecular formula is C11H18O. The van der Waals surface area contributed by atoms with Gasteiger partial charge in [-0.25, -0.2) is 0 Å². The Balaban J connectivity index is 2.53. The smallest absolute Gasteiger partial charge is 0.126 e. The molecule has 0 spiro atoms. The molecule has 0 saturated heterocycles. The second kappa shape index (κ2) is 4.44. The fourth-order valence-electron chi connectivity index (χ4n) is 1.98. The summed E-state index contributed by atoms with van der Waals surface area (Å²) in [5.41, 5.74) is 0.00472. The van der Waals surface area contributed by atoms with Gasteiger partial charge in [0.25, 0.3) is 0 Å². The molecule has 0 aromatic heterocycles. The molecule has 0 N–H and O–H groups in total. The molecule has 0 atom stereocenters. The molecule has 1 fully saturated rings. The third kappa shape index (κ3) is 2.20. The molecule has 0 aromatic rings. The molecular weight excluding hydrogens is 148 g/mol. The number of carbonyl (C=O) groups excluding carboxylic acids is 1. The van der Waals surface area contributed by atoms with E-state index >= 15 is 0 Å². The van der Waals surface area contributed by atoms with Gasteiger partial charge in [-0.05, 0) is 26.2 Å². The van der Waals surface area contributed by atoms with Crippen LogP contribution < -0.4 is 0 Å². The van der Waals surface area contributed by atoms with Crippen molar-refractivity contribution < 1.29 is 4.79 Å². The van der Waals surface area contributed by atoms with Crippen LogP contribution in [-0.2, 0) is 4.79 Å². The lowest BCUT2D eigenvalue weighted by Gasteiger charge is -2.30. The van der Waals surface area contributed by atoms with Crippen LogP contribution >= 0.6 is 0 Å². The Morgan fingerprint density at radius 2 is 1.92 bits per heavy atom. The highest BCUT2D eigenvalue weighted by molar-refractivity contribution is 5.59. The van der Waals surface area contributed by atoms with Crippen molar-refractivity contribution in [3.05, 3.63) is 12.2 Å². The molecule has 1 saturated carbocycles. The first-order chi connectivity index (χ1) is 5.83. The van der Waals surface area contributed by atoms with E-state index in [0.29, 0.717) is 0 Å². The van der Waals surface area contributed by atoms with Crippen LogP contribution in [0.4, 0.5) is 0 Å². The minimum absolute atomic E-state index is 0.00472. The van der Waals surface area contributed by atoms with E-state index in [0.717, 1.165) is 19.3 Å². The van der Waals surface area contributed by atoms with Crippen molar-refractivity contribution in [1.82, 2.24) is 0 Å². The zero-order valence-corrected chi connectivity index (χ0v) is 7.88. The van der Waals surface area contributed by atoms with Gasteiger partial charge >= 0.3 is 0 Å². The van der Waals surface area contributed by atoms with Crippen LogP contribution in [0.1, 0.15) is 45.4 Å². The number of hydrogen-bond donors (Lipinski definition) is 0. The third-order valence-electron chi connectivity index (χ3n) is 2.86. The topological polar surface area (TPSA) is 17.1 Å². The largest absolute Gasteiger partial charge is 0.303 e. The van der Waals surface area contributed by atoms with E-state index in [4.69, 9.17) is 0 Å². The van der Waals surface area contributed by atoms with Gasteiger partial charge in [0.05, 0.1) is 0 Å². The summed E-state index contributed by atoms with van der Waals surface area (Å²) >= 11 is 0. The van der Waals surface area contributed by atoms with Gasteiger partial charge < -0.3 is 4.79 Å². The fourth-order valence-corrected chi connectivity index (χ4v) is 1.98. The van der Waals surface area contributed by atoms with E-state index in [1.165, 1.54) is 25.5 Å². The molecule has 1 rings (SSSR count). The van der Waals surface area contributed by atoms with Gasteiger partial charge in [-0.1, -0.05) is 31.4 Å². The number of aldehydes is 1. The Labute approximate surface area is 74.9 Å². The summed E-state index contributed by atoms with van der Waals surface area (Å²) in [6, 6.07) is 0. The SMILES string of the molecule is C/C=C/CC1(C=O)CCCCC1. The Morgan fingerprint density at radius 3 is 2.42 bits per heavy atom. The molecule has 1 heteroatoms. The third-order valence-corrected chi connectivity index (χ3v) is 2.86. The first-order valence-corrected chi connectivity index (χ1v) is 4.90. The lowest BCUT2D eigenvalue weighted by Crippen LogP contribution is -2.24. The first kappa shape index (κ1) is 9.50. The first-order valence-electron chi connectivity index (χ1n) is 4.90. The minimum Gasteiger partial charge on any atom is -0.303 e. The molecule has 12 heavy (non-hydrogen) atoms. The van der Waals surface area contributed by atoms with Crippen molar-refractivity contribution in [2.45, 2.75) is 45.4 Å². The summed E-state index contributed by atoms with van der Waals surface area (Å²) < 4.78 is 0. The van der Waals surface area contributed by atoms with Crippen LogP contribution in [0.2, 0.25) is 0 Å². The molecule has 0 heterocycles. The summed E-state index contributed by atoms with van der Waals surface area (Å²) in [6.45, 7) is 2.02. The van der Waals surface area contributed by atoms with E-state index in [2.05, 4.69) is 6.08 Å². The zero-order chi connectivity index (χ0) is 8.86. The quantitative estimate of drug-likeness (QED) is 0.465. The summed E-state index contributed by atoms with van der Waals surface area (Å²) in [7, 11) is 0. The van der Waals surface area contributed by atoms with Crippen molar-refractivity contribution in [3.63, 3.8) is 0 Å². The van der Waals surface area contributed by atoms with Crippen LogP contribution in [0.3, 0.4) is 0 Å². The van der Waals surface area contributed by atoms with Crippen molar-refractivity contribution in [2.24, 2.45) is 5.41 Å². The molecule has 0 amide bonds. The van der Waals surface area contributed by atoms with E-state index < -0.39 is 0 Å². The van der Waals surface area contributed by atoms with Gasteiger partial charge in [-0.3, -0.25) is 0 Å². The van der Waals surface area contributed by atoms with Crippen LogP contribution in [0, 0.1) is 5.41 Å². The average molecular weight is 166 g/mol. The zero-order valence-electron chi connectivity index (χ0n) is 7.88. The van der Waals surface area contributed by atoms with Crippen molar-refractivity contribution in [3.8, 4) is 0 Å². The number of hydrogen-bond acceptors (Lipinski definition) is 1. The maximum absolute atomic E-state index is 11.0. The molecule has 1 nitrogen and oxygen atoms in total. The lowest BCUT2D eigenvalue weighted by atomic mass is 9.73. The second-order valence-corrected chi connectivity index (χ2v) is 3.81. The van der Waals surface area contributed by atoms with Crippen LogP contribution in [-0.4, -0.2) is 6.29 Å². The average Bonchev–Trinajstić information content (AvgIpc) is 2.16. The maximum Gasteiger partial charge on any atom is 0.126 e. The van der Waals surface area contributed by atoms with E-state index in [1.807, 2.05) is 13.0 Å². The van der Waals surface area contributed by atoms with E-state index in [-0.39, 0.29) is 5.41 Å². The van der Waals surface area contributed by atoms with Gasteiger partial charge in [0, 0.05) is 5.41 Å². The molecule has 68 valence electrons. The Hall–Kier alpha value is -0.590. The van der Waals surface area contributed by atoms with Crippen LogP contribution in [0.5, 0.6) is 0 Å². The summed E-state index contributed by atoms with van der Waals surface area (Å²) in [4.78, 5) is 11.0. The van der Waals surface area contributed by atoms with E-state index in [1.54, 1.807) is 0 Å². The highest BCUT2D eigenvalue weighted by Gasteiger charge is 2.29. The number of rotatable bonds is 3. The summed E-state index contributed by atoms with van der Waals surface area (Å²) in [6.07, 6.45) is 12.3. The summed E-state index contributed by atoms with van der Waals surface area (Å²) in [5, 5.41) is 0. The van der Waals surface area contributed by atoms with Crippen LogP contribution in [0.25, 0.3) is 0 Å². The number of carbonyl (C=O) groups is 1. The van der Waals surface area contributed by atoms with Crippen molar-refractivity contribution in [1.29, 1.82) is 0 Å². The van der Waals surface area contributed by atoms with E-state index in [9.17, 15) is 4.79 Å². The van der Waals surface area contributed by atoms with Gasteiger partial charge in [0.2, 0.25) is 0 Å². The maximum atomic E-state index is 11.0. The number of allylic oxidation sites excluding steroid dienone is 2. The molecule has 1 aliphatic rings. The minimum atomic E-state index is 0.00472. The highest BCUT2D eigenvalue weighted by Crippen LogP contribution is 2.37. The van der Waals surface area contributed by atoms with Crippen molar-refractivity contribution >= 4 is 6.29 Å². The molecule has 0 radical (unpaired) electrons. The van der Waals surface area contributed by atoms with Crippen molar-refractivity contribution in [2.75, 3.05) is 0 Å². The molecule has 0 bridgehead atoms. The highest BCUT2D eigenvalue weighted by atomic mass is 16.1. The summed E-state index contributed by atoms with van der Waals surface area (Å²) in [5.74, 6) is 0. The Morgan fingerprint density at radius 1 is 1.25 bits per heavy atom. The fraction of sp³-hybridized carbons (Fsp3) is 0.727. The monoisotopic (exact) mass is 166 g/mol. The standard InChI is InChI=1S/C11H18O/c1-2-3-7-11(10-12)8-5-4-6-9-11/h2-3,10H,4-9H2,1H3/b3-2+. The van der Waals surface area contributed by atoms with Gasteiger partial charge in [0.15, 0.2) is 0 Å². The predicted octanol–water partition coefficient (Wildman–Crippen LogP) is 3.10.